The van der Waals surface area contributed by atoms with Crippen LogP contribution >= 0.6 is 0 Å². The van der Waals surface area contributed by atoms with Gasteiger partial charge in [-0.15, -0.1) is 0 Å². The van der Waals surface area contributed by atoms with Gasteiger partial charge in [-0.1, -0.05) is 26.0 Å². The third kappa shape index (κ3) is 5.30. The fourth-order valence-corrected chi connectivity index (χ4v) is 4.48. The van der Waals surface area contributed by atoms with Gasteiger partial charge in [0.05, 0.1) is 12.5 Å². The second kappa shape index (κ2) is 10.1. The SMILES string of the molecule is CCOc1ccc(CN2CCN(C(=O)C3CC(=O)N(C(CC)CC)C3)CC2)cc1. The molecule has 2 saturated heterocycles. The van der Waals surface area contributed by atoms with Gasteiger partial charge in [0.25, 0.3) is 0 Å². The average molecular weight is 402 g/mol. The van der Waals surface area contributed by atoms with Gasteiger partial charge in [0.2, 0.25) is 11.8 Å². The topological polar surface area (TPSA) is 53.1 Å². The van der Waals surface area contributed by atoms with Crippen LogP contribution in [0.4, 0.5) is 0 Å². The Hall–Kier alpha value is -2.08. The number of likely N-dealkylation sites (tertiary alicyclic amines) is 1. The third-order valence-electron chi connectivity index (χ3n) is 6.22. The van der Waals surface area contributed by atoms with Crippen molar-refractivity contribution in [1.82, 2.24) is 14.7 Å². The van der Waals surface area contributed by atoms with E-state index in [-0.39, 0.29) is 23.8 Å². The highest BCUT2D eigenvalue weighted by molar-refractivity contribution is 5.89. The monoisotopic (exact) mass is 401 g/mol. The quantitative estimate of drug-likeness (QED) is 0.672. The molecule has 2 aliphatic rings. The molecule has 2 amide bonds. The molecule has 3 rings (SSSR count). The third-order valence-corrected chi connectivity index (χ3v) is 6.22. The van der Waals surface area contributed by atoms with Crippen LogP contribution < -0.4 is 4.74 Å². The Bertz CT molecular complexity index is 679. The fourth-order valence-electron chi connectivity index (χ4n) is 4.48. The number of piperazine rings is 1. The molecule has 29 heavy (non-hydrogen) atoms. The van der Waals surface area contributed by atoms with Crippen LogP contribution in [0.25, 0.3) is 0 Å². The second-order valence-electron chi connectivity index (χ2n) is 8.10. The predicted octanol–water partition coefficient (Wildman–Crippen LogP) is 2.77. The number of hydrogen-bond acceptors (Lipinski definition) is 4. The van der Waals surface area contributed by atoms with Gasteiger partial charge in [0.1, 0.15) is 5.75 Å². The summed E-state index contributed by atoms with van der Waals surface area (Å²) in [4.78, 5) is 31.6. The normalized spacial score (nSPS) is 20.6. The van der Waals surface area contributed by atoms with Gasteiger partial charge in [-0.2, -0.15) is 0 Å². The molecule has 0 bridgehead atoms. The molecule has 0 aliphatic carbocycles. The van der Waals surface area contributed by atoms with Crippen molar-refractivity contribution in [2.75, 3.05) is 39.3 Å². The molecule has 0 spiro atoms. The minimum Gasteiger partial charge on any atom is -0.494 e. The highest BCUT2D eigenvalue weighted by Crippen LogP contribution is 2.25. The smallest absolute Gasteiger partial charge is 0.228 e. The zero-order valence-electron chi connectivity index (χ0n) is 18.1. The summed E-state index contributed by atoms with van der Waals surface area (Å²) < 4.78 is 5.50. The van der Waals surface area contributed by atoms with Crippen molar-refractivity contribution in [3.05, 3.63) is 29.8 Å². The van der Waals surface area contributed by atoms with Crippen molar-refractivity contribution in [3.63, 3.8) is 0 Å². The van der Waals surface area contributed by atoms with Gasteiger partial charge in [-0.05, 0) is 37.5 Å². The lowest BCUT2D eigenvalue weighted by molar-refractivity contribution is -0.137. The Morgan fingerprint density at radius 2 is 1.72 bits per heavy atom. The fraction of sp³-hybridized carbons (Fsp3) is 0.652. The van der Waals surface area contributed by atoms with E-state index >= 15 is 0 Å². The summed E-state index contributed by atoms with van der Waals surface area (Å²) >= 11 is 0. The first kappa shape index (κ1) is 21.6. The molecule has 0 N–H and O–H groups in total. The van der Waals surface area contributed by atoms with E-state index in [1.54, 1.807) is 0 Å². The summed E-state index contributed by atoms with van der Waals surface area (Å²) in [6, 6.07) is 8.52. The van der Waals surface area contributed by atoms with E-state index in [1.165, 1.54) is 5.56 Å². The Labute approximate surface area is 174 Å². The standard InChI is InChI=1S/C23H35N3O3/c1-4-20(5-2)26-17-19(15-22(26)27)23(28)25-13-11-24(12-14-25)16-18-7-9-21(10-8-18)29-6-3/h7-10,19-20H,4-6,11-17H2,1-3H3. The van der Waals surface area contributed by atoms with Crippen LogP contribution in [-0.2, 0) is 16.1 Å². The lowest BCUT2D eigenvalue weighted by atomic mass is 10.1. The molecule has 6 heteroatoms. The van der Waals surface area contributed by atoms with Crippen molar-refractivity contribution in [1.29, 1.82) is 0 Å². The molecule has 1 aromatic rings. The molecule has 1 aromatic carbocycles. The summed E-state index contributed by atoms with van der Waals surface area (Å²) in [5, 5.41) is 0. The molecule has 0 radical (unpaired) electrons. The van der Waals surface area contributed by atoms with Gasteiger partial charge in [-0.3, -0.25) is 14.5 Å². The number of nitrogens with zero attached hydrogens (tertiary/aromatic N) is 3. The molecule has 6 nitrogen and oxygen atoms in total. The first-order chi connectivity index (χ1) is 14.0. The minimum absolute atomic E-state index is 0.145. The van der Waals surface area contributed by atoms with Crippen LogP contribution in [0.2, 0.25) is 0 Å². The van der Waals surface area contributed by atoms with E-state index < -0.39 is 0 Å². The first-order valence-electron chi connectivity index (χ1n) is 11.1. The maximum atomic E-state index is 13.0. The number of hydrogen-bond donors (Lipinski definition) is 0. The molecule has 1 atom stereocenters. The van der Waals surface area contributed by atoms with Crippen LogP contribution in [0.15, 0.2) is 24.3 Å². The van der Waals surface area contributed by atoms with Crippen LogP contribution in [0.3, 0.4) is 0 Å². The number of ether oxygens (including phenoxy) is 1. The van der Waals surface area contributed by atoms with Crippen molar-refractivity contribution >= 4 is 11.8 Å². The maximum absolute atomic E-state index is 13.0. The van der Waals surface area contributed by atoms with Gasteiger partial charge >= 0.3 is 0 Å². The first-order valence-corrected chi connectivity index (χ1v) is 11.1. The van der Waals surface area contributed by atoms with Gasteiger partial charge in [0, 0.05) is 51.7 Å². The number of benzene rings is 1. The predicted molar refractivity (Wildman–Crippen MR) is 114 cm³/mol. The Kier molecular flexibility index (Phi) is 7.53. The zero-order chi connectivity index (χ0) is 20.8. The maximum Gasteiger partial charge on any atom is 0.228 e. The largest absolute Gasteiger partial charge is 0.494 e. The molecular weight excluding hydrogens is 366 g/mol. The molecule has 1 unspecified atom stereocenters. The molecule has 2 aliphatic heterocycles. The lowest BCUT2D eigenvalue weighted by Gasteiger charge is -2.36. The van der Waals surface area contributed by atoms with Gasteiger partial charge in [-0.25, -0.2) is 0 Å². The highest BCUT2D eigenvalue weighted by Gasteiger charge is 2.39. The van der Waals surface area contributed by atoms with Crippen LogP contribution in [-0.4, -0.2) is 71.9 Å². The molecule has 2 fully saturated rings. The van der Waals surface area contributed by atoms with E-state index in [0.717, 1.165) is 51.3 Å². The summed E-state index contributed by atoms with van der Waals surface area (Å²) in [6.07, 6.45) is 2.28. The van der Waals surface area contributed by atoms with Gasteiger partial charge in [0.15, 0.2) is 0 Å². The Morgan fingerprint density at radius 3 is 2.31 bits per heavy atom. The summed E-state index contributed by atoms with van der Waals surface area (Å²) in [6.45, 7) is 11.6. The Morgan fingerprint density at radius 1 is 1.07 bits per heavy atom. The number of carbonyl (C=O) groups is 2. The average Bonchev–Trinajstić information content (AvgIpc) is 3.12. The van der Waals surface area contributed by atoms with E-state index in [2.05, 4.69) is 30.9 Å². The number of carbonyl (C=O) groups excluding carboxylic acids is 2. The van der Waals surface area contributed by atoms with Crippen LogP contribution in [0.5, 0.6) is 5.75 Å². The molecule has 0 saturated carbocycles. The number of rotatable bonds is 8. The lowest BCUT2D eigenvalue weighted by Crippen LogP contribution is -2.50. The minimum atomic E-state index is -0.166. The van der Waals surface area contributed by atoms with Gasteiger partial charge < -0.3 is 14.5 Å². The van der Waals surface area contributed by atoms with E-state index in [1.807, 2.05) is 28.9 Å². The highest BCUT2D eigenvalue weighted by atomic mass is 16.5. The van der Waals surface area contributed by atoms with Crippen LogP contribution in [0.1, 0.15) is 45.6 Å². The Balaban J connectivity index is 1.47. The number of amides is 2. The molecule has 0 aromatic heterocycles. The van der Waals surface area contributed by atoms with E-state index in [0.29, 0.717) is 19.6 Å². The van der Waals surface area contributed by atoms with E-state index in [4.69, 9.17) is 4.74 Å². The van der Waals surface area contributed by atoms with E-state index in [9.17, 15) is 9.59 Å². The van der Waals surface area contributed by atoms with Crippen LogP contribution in [0, 0.1) is 5.92 Å². The zero-order valence-corrected chi connectivity index (χ0v) is 18.1. The van der Waals surface area contributed by atoms with Crippen molar-refractivity contribution in [2.24, 2.45) is 5.92 Å². The second-order valence-corrected chi connectivity index (χ2v) is 8.10. The summed E-state index contributed by atoms with van der Waals surface area (Å²) in [5.74, 6) is 1.04. The molecule has 160 valence electrons. The van der Waals surface area contributed by atoms with Crippen molar-refractivity contribution < 1.29 is 14.3 Å². The summed E-state index contributed by atoms with van der Waals surface area (Å²) in [5.41, 5.74) is 1.26. The van der Waals surface area contributed by atoms with Crippen molar-refractivity contribution in [2.45, 2.75) is 52.6 Å². The van der Waals surface area contributed by atoms with Crippen molar-refractivity contribution in [3.8, 4) is 5.75 Å². The molecular formula is C23H35N3O3. The molecule has 2 heterocycles. The summed E-state index contributed by atoms with van der Waals surface area (Å²) in [7, 11) is 0.